The zero-order valence-electron chi connectivity index (χ0n) is 14.7. The normalized spacial score (nSPS) is 17.0. The Morgan fingerprint density at radius 1 is 1.15 bits per heavy atom. The maximum atomic E-state index is 12.2. The lowest BCUT2D eigenvalue weighted by molar-refractivity contribution is 0.597. The molecule has 1 atom stereocenters. The number of nitrogens with one attached hydrogen (secondary N) is 1. The van der Waals surface area contributed by atoms with Crippen molar-refractivity contribution in [3.05, 3.63) is 46.0 Å². The van der Waals surface area contributed by atoms with Crippen LogP contribution in [0, 0.1) is 0 Å². The summed E-state index contributed by atoms with van der Waals surface area (Å²) in [6.45, 7) is 1.98. The molecule has 0 spiro atoms. The van der Waals surface area contributed by atoms with Crippen LogP contribution in [0.4, 0.5) is 5.95 Å². The second kappa shape index (κ2) is 6.33. The molecule has 0 radical (unpaired) electrons. The second-order valence-corrected chi connectivity index (χ2v) is 8.07. The van der Waals surface area contributed by atoms with Crippen LogP contribution in [0.1, 0.15) is 24.1 Å². The number of H-pyrrole nitrogens is 1. The molecule has 7 nitrogen and oxygen atoms in total. The summed E-state index contributed by atoms with van der Waals surface area (Å²) in [5.41, 5.74) is 3.90. The molecule has 1 fully saturated rings. The number of aryl methyl sites for hydroxylation is 1. The number of anilines is 1. The van der Waals surface area contributed by atoms with Crippen LogP contribution in [-0.4, -0.2) is 32.6 Å². The number of aromatic nitrogens is 3. The predicted octanol–water partition coefficient (Wildman–Crippen LogP) is 1.67. The average molecular weight is 381 g/mol. The van der Waals surface area contributed by atoms with Crippen molar-refractivity contribution in [1.29, 1.82) is 0 Å². The number of fused-ring (bicyclic) bond motifs is 2. The molecule has 3 heterocycles. The summed E-state index contributed by atoms with van der Waals surface area (Å²) in [5, 5.41) is 6.70. The van der Waals surface area contributed by atoms with Crippen molar-refractivity contribution in [2.45, 2.75) is 30.6 Å². The summed E-state index contributed by atoms with van der Waals surface area (Å²) in [6.07, 6.45) is 5.59. The Kier molecular flexibility index (Phi) is 3.92. The number of nitrogens with two attached hydrogens (primary N) is 1. The van der Waals surface area contributed by atoms with E-state index in [9.17, 15) is 9.35 Å². The molecule has 1 aliphatic carbocycles. The molecule has 3 aromatic rings. The Morgan fingerprint density at radius 2 is 2.00 bits per heavy atom. The topological polar surface area (TPSA) is 111 Å². The van der Waals surface area contributed by atoms with Crippen LogP contribution in [0.5, 0.6) is 0 Å². The third kappa shape index (κ3) is 2.72. The van der Waals surface area contributed by atoms with Gasteiger partial charge in [-0.3, -0.25) is 4.79 Å². The van der Waals surface area contributed by atoms with E-state index in [-0.39, 0.29) is 5.56 Å². The fraction of sp³-hybridized carbons (Fsp3) is 0.316. The molecule has 0 saturated carbocycles. The van der Waals surface area contributed by atoms with Gasteiger partial charge in [0.1, 0.15) is 0 Å². The van der Waals surface area contributed by atoms with E-state index >= 15 is 0 Å². The van der Waals surface area contributed by atoms with Gasteiger partial charge in [0.2, 0.25) is 5.95 Å². The summed E-state index contributed by atoms with van der Waals surface area (Å²) < 4.78 is 11.9. The number of pyridine rings is 1. The summed E-state index contributed by atoms with van der Waals surface area (Å²) in [6, 6.07) is 5.54. The van der Waals surface area contributed by atoms with Crippen molar-refractivity contribution < 1.29 is 4.55 Å². The van der Waals surface area contributed by atoms with Crippen LogP contribution in [-0.2, 0) is 24.2 Å². The van der Waals surface area contributed by atoms with E-state index < -0.39 is 11.4 Å². The highest BCUT2D eigenvalue weighted by Crippen LogP contribution is 2.34. The van der Waals surface area contributed by atoms with Gasteiger partial charge in [-0.1, -0.05) is 6.07 Å². The summed E-state index contributed by atoms with van der Waals surface area (Å²) in [5.74, 6) is 0.783. The second-order valence-electron chi connectivity index (χ2n) is 7.03. The van der Waals surface area contributed by atoms with Gasteiger partial charge in [-0.05, 0) is 37.8 Å². The molecule has 2 aliphatic rings. The molecule has 3 N–H and O–H groups in total. The summed E-state index contributed by atoms with van der Waals surface area (Å²) in [4.78, 5) is 27.0. The Morgan fingerprint density at radius 3 is 2.74 bits per heavy atom. The average Bonchev–Trinajstić information content (AvgIpc) is 3.08. The van der Waals surface area contributed by atoms with E-state index in [0.717, 1.165) is 55.3 Å². The van der Waals surface area contributed by atoms with Crippen molar-refractivity contribution in [2.24, 2.45) is 5.14 Å². The number of hydrogen-bond donors (Lipinski definition) is 2. The van der Waals surface area contributed by atoms with Gasteiger partial charge in [0.15, 0.2) is 4.90 Å². The first kappa shape index (κ1) is 16.7. The van der Waals surface area contributed by atoms with E-state index in [0.29, 0.717) is 15.7 Å². The smallest absolute Gasteiger partial charge is 0.256 e. The van der Waals surface area contributed by atoms with Gasteiger partial charge in [-0.25, -0.2) is 9.97 Å². The van der Waals surface area contributed by atoms with Crippen LogP contribution in [0.3, 0.4) is 0 Å². The first-order valence-corrected chi connectivity index (χ1v) is 10.3. The van der Waals surface area contributed by atoms with Crippen molar-refractivity contribution in [2.75, 3.05) is 18.0 Å². The van der Waals surface area contributed by atoms with Gasteiger partial charge in [0.05, 0.1) is 28.6 Å². The molecule has 8 heteroatoms. The van der Waals surface area contributed by atoms with Crippen molar-refractivity contribution in [3.63, 3.8) is 0 Å². The lowest BCUT2D eigenvalue weighted by Gasteiger charge is -2.31. The zero-order valence-corrected chi connectivity index (χ0v) is 15.5. The van der Waals surface area contributed by atoms with Gasteiger partial charge in [0, 0.05) is 35.3 Å². The Labute approximate surface area is 158 Å². The maximum absolute atomic E-state index is 12.2. The van der Waals surface area contributed by atoms with Crippen LogP contribution in [0.25, 0.3) is 22.0 Å². The highest BCUT2D eigenvalue weighted by atomic mass is 32.2. The molecular formula is C19H19N5O2S. The third-order valence-electron chi connectivity index (χ3n) is 5.41. The molecule has 1 unspecified atom stereocenters. The van der Waals surface area contributed by atoms with Gasteiger partial charge in [0.25, 0.3) is 5.56 Å². The fourth-order valence-electron chi connectivity index (χ4n) is 3.86. The molecule has 5 rings (SSSR count). The molecule has 1 saturated heterocycles. The van der Waals surface area contributed by atoms with Crippen LogP contribution < -0.4 is 15.6 Å². The molecular weight excluding hydrogens is 362 g/mol. The molecule has 1 aromatic carbocycles. The fourth-order valence-corrected chi connectivity index (χ4v) is 4.42. The van der Waals surface area contributed by atoms with E-state index in [1.807, 2.05) is 12.1 Å². The number of aromatic amines is 1. The first-order chi connectivity index (χ1) is 13.1. The lowest BCUT2D eigenvalue weighted by atomic mass is 10.0. The molecule has 2 aromatic heterocycles. The predicted molar refractivity (Wildman–Crippen MR) is 105 cm³/mol. The molecule has 27 heavy (non-hydrogen) atoms. The monoisotopic (exact) mass is 381 g/mol. The van der Waals surface area contributed by atoms with Gasteiger partial charge >= 0.3 is 0 Å². The minimum absolute atomic E-state index is 0.222. The molecule has 1 aliphatic heterocycles. The summed E-state index contributed by atoms with van der Waals surface area (Å²) in [7, 11) is 0. The van der Waals surface area contributed by atoms with E-state index in [2.05, 4.69) is 9.88 Å². The zero-order chi connectivity index (χ0) is 18.5. The number of rotatable bonds is 3. The van der Waals surface area contributed by atoms with Gasteiger partial charge in [-0.15, -0.1) is 5.14 Å². The Bertz CT molecular complexity index is 1110. The first-order valence-electron chi connectivity index (χ1n) is 9.08. The minimum atomic E-state index is -1.69. The third-order valence-corrected chi connectivity index (χ3v) is 6.19. The number of hydrogen-bond acceptors (Lipinski definition) is 6. The molecule has 0 amide bonds. The van der Waals surface area contributed by atoms with E-state index in [1.54, 1.807) is 6.07 Å². The number of benzene rings is 1. The van der Waals surface area contributed by atoms with Gasteiger partial charge < -0.3 is 14.4 Å². The van der Waals surface area contributed by atoms with Crippen LogP contribution in [0.15, 0.2) is 34.1 Å². The molecule has 138 valence electrons. The minimum Gasteiger partial charge on any atom is -0.593 e. The van der Waals surface area contributed by atoms with Crippen molar-refractivity contribution >= 4 is 28.1 Å². The Hall–Kier alpha value is -2.42. The van der Waals surface area contributed by atoms with E-state index in [1.165, 1.54) is 18.2 Å². The lowest BCUT2D eigenvalue weighted by Crippen LogP contribution is -2.38. The highest BCUT2D eigenvalue weighted by Gasteiger charge is 2.25. The van der Waals surface area contributed by atoms with Crippen LogP contribution in [0.2, 0.25) is 0 Å². The van der Waals surface area contributed by atoms with Gasteiger partial charge in [-0.2, -0.15) is 0 Å². The highest BCUT2D eigenvalue weighted by molar-refractivity contribution is 7.89. The van der Waals surface area contributed by atoms with Crippen LogP contribution >= 0.6 is 0 Å². The van der Waals surface area contributed by atoms with Crippen molar-refractivity contribution in [3.8, 4) is 11.3 Å². The summed E-state index contributed by atoms with van der Waals surface area (Å²) >= 11 is -1.69. The Balaban J connectivity index is 1.73. The molecule has 0 bridgehead atoms. The maximum Gasteiger partial charge on any atom is 0.256 e. The standard InChI is InChI=1S/C19H19N5O2S/c20-27(26)16-10-21-18(25)12-6-5-11(9-14(12)16)17-13-3-1-4-15(13)22-19(23-17)24-7-2-8-24/h5-6,9-10H,1-4,7-8,20H2,(H,21,25). The number of nitrogens with zero attached hydrogens (tertiary/aromatic N) is 3. The quantitative estimate of drug-likeness (QED) is 0.668. The largest absolute Gasteiger partial charge is 0.593 e. The van der Waals surface area contributed by atoms with E-state index in [4.69, 9.17) is 15.1 Å². The van der Waals surface area contributed by atoms with Crippen molar-refractivity contribution in [1.82, 2.24) is 15.0 Å². The SMILES string of the molecule is N[S+]([O-])c1c[nH]c(=O)c2ccc(-c3nc(N4CCC4)nc4c3CCC4)cc12.